The molecule has 2 rings (SSSR count). The minimum atomic E-state index is -0.741. The fourth-order valence-electron chi connectivity index (χ4n) is 1.94. The van der Waals surface area contributed by atoms with Crippen LogP contribution in [0.2, 0.25) is 0 Å². The van der Waals surface area contributed by atoms with Gasteiger partial charge in [0.25, 0.3) is 0 Å². The molecule has 3 nitrogen and oxygen atoms in total. The zero-order valence-corrected chi connectivity index (χ0v) is 12.0. The van der Waals surface area contributed by atoms with Crippen LogP contribution in [0.5, 0.6) is 0 Å². The first kappa shape index (κ1) is 14.5. The van der Waals surface area contributed by atoms with E-state index < -0.39 is 16.4 Å². The van der Waals surface area contributed by atoms with Crippen LogP contribution < -0.4 is 0 Å². The third-order valence-electron chi connectivity index (χ3n) is 2.97. The van der Waals surface area contributed by atoms with Gasteiger partial charge in [0.1, 0.15) is 0 Å². The molecule has 0 aliphatic rings. The van der Waals surface area contributed by atoms with Crippen molar-refractivity contribution in [2.75, 3.05) is 0 Å². The number of hydrogen-bond donors (Lipinski definition) is 0. The second-order valence-electron chi connectivity index (χ2n) is 4.56. The average molecular weight is 291 g/mol. The minimum absolute atomic E-state index is 0.351. The Kier molecular flexibility index (Phi) is 4.39. The van der Waals surface area contributed by atoms with E-state index in [1.165, 1.54) is 29.5 Å². The molecule has 2 aromatic carbocycles. The SMILES string of the molecule is Cc1ccc(SCc2cccc([N+](=O)[O-])c2F)c(C)c1. The van der Waals surface area contributed by atoms with E-state index >= 15 is 0 Å². The van der Waals surface area contributed by atoms with Crippen LogP contribution in [0.15, 0.2) is 41.3 Å². The highest BCUT2D eigenvalue weighted by atomic mass is 32.2. The van der Waals surface area contributed by atoms with Gasteiger partial charge in [-0.3, -0.25) is 10.1 Å². The van der Waals surface area contributed by atoms with Gasteiger partial charge in [0.2, 0.25) is 5.82 Å². The standard InChI is InChI=1S/C15H14FNO2S/c1-10-6-7-14(11(2)8-10)20-9-12-4-3-5-13(15(12)16)17(18)19/h3-8H,9H2,1-2H3. The average Bonchev–Trinajstić information content (AvgIpc) is 2.39. The summed E-state index contributed by atoms with van der Waals surface area (Å²) in [6, 6.07) is 10.3. The van der Waals surface area contributed by atoms with E-state index in [1.54, 1.807) is 6.07 Å². The first-order valence-corrected chi connectivity index (χ1v) is 7.09. The molecule has 0 N–H and O–H groups in total. The number of nitrogens with zero attached hydrogens (tertiary/aromatic N) is 1. The van der Waals surface area contributed by atoms with E-state index in [0.717, 1.165) is 10.5 Å². The van der Waals surface area contributed by atoms with E-state index in [-0.39, 0.29) is 0 Å². The van der Waals surface area contributed by atoms with Gasteiger partial charge in [-0.25, -0.2) is 0 Å². The van der Waals surface area contributed by atoms with Crippen LogP contribution in [0, 0.1) is 29.8 Å². The Morgan fingerprint density at radius 2 is 2.00 bits per heavy atom. The lowest BCUT2D eigenvalue weighted by Gasteiger charge is -2.07. The highest BCUT2D eigenvalue weighted by Crippen LogP contribution is 2.29. The van der Waals surface area contributed by atoms with Crippen molar-refractivity contribution in [3.8, 4) is 0 Å². The molecular formula is C15H14FNO2S. The molecule has 20 heavy (non-hydrogen) atoms. The van der Waals surface area contributed by atoms with Crippen molar-refractivity contribution >= 4 is 17.4 Å². The maximum atomic E-state index is 13.9. The Balaban J connectivity index is 2.19. The van der Waals surface area contributed by atoms with Crippen molar-refractivity contribution < 1.29 is 9.31 Å². The number of aryl methyl sites for hydroxylation is 2. The van der Waals surface area contributed by atoms with E-state index in [9.17, 15) is 14.5 Å². The fourth-order valence-corrected chi connectivity index (χ4v) is 2.92. The summed E-state index contributed by atoms with van der Waals surface area (Å²) in [6.07, 6.45) is 0. The molecule has 0 atom stereocenters. The molecule has 104 valence electrons. The van der Waals surface area contributed by atoms with Crippen LogP contribution in [-0.2, 0) is 5.75 Å². The molecule has 5 heteroatoms. The highest BCUT2D eigenvalue weighted by molar-refractivity contribution is 7.98. The molecule has 0 spiro atoms. The monoisotopic (exact) mass is 291 g/mol. The first-order valence-electron chi connectivity index (χ1n) is 6.11. The van der Waals surface area contributed by atoms with Crippen LogP contribution in [0.25, 0.3) is 0 Å². The summed E-state index contributed by atoms with van der Waals surface area (Å²) in [5.74, 6) is -0.369. The van der Waals surface area contributed by atoms with Gasteiger partial charge in [-0.2, -0.15) is 4.39 Å². The van der Waals surface area contributed by atoms with E-state index in [1.807, 2.05) is 26.0 Å². The summed E-state index contributed by atoms with van der Waals surface area (Å²) >= 11 is 1.48. The Morgan fingerprint density at radius 3 is 2.65 bits per heavy atom. The molecule has 0 radical (unpaired) electrons. The summed E-state index contributed by atoms with van der Waals surface area (Å²) in [4.78, 5) is 11.1. The molecule has 0 heterocycles. The number of nitro benzene ring substituents is 1. The molecule has 0 unspecified atom stereocenters. The molecule has 0 bridgehead atoms. The maximum absolute atomic E-state index is 13.9. The second kappa shape index (κ2) is 6.05. The fraction of sp³-hybridized carbons (Fsp3) is 0.200. The van der Waals surface area contributed by atoms with Gasteiger partial charge in [0.15, 0.2) is 0 Å². The molecular weight excluding hydrogens is 277 g/mol. The van der Waals surface area contributed by atoms with Crippen LogP contribution in [0.4, 0.5) is 10.1 Å². The van der Waals surface area contributed by atoms with Gasteiger partial charge in [0, 0.05) is 22.3 Å². The van der Waals surface area contributed by atoms with Crippen LogP contribution in [0.3, 0.4) is 0 Å². The highest BCUT2D eigenvalue weighted by Gasteiger charge is 2.17. The van der Waals surface area contributed by atoms with Gasteiger partial charge in [-0.1, -0.05) is 29.8 Å². The molecule has 0 saturated carbocycles. The van der Waals surface area contributed by atoms with Gasteiger partial charge in [0.05, 0.1) is 4.92 Å². The van der Waals surface area contributed by atoms with Crippen LogP contribution >= 0.6 is 11.8 Å². The topological polar surface area (TPSA) is 43.1 Å². The van der Waals surface area contributed by atoms with Crippen molar-refractivity contribution in [2.24, 2.45) is 0 Å². The number of benzene rings is 2. The van der Waals surface area contributed by atoms with Crippen molar-refractivity contribution in [1.29, 1.82) is 0 Å². The summed E-state index contributed by atoms with van der Waals surface area (Å²) in [6.45, 7) is 4.01. The lowest BCUT2D eigenvalue weighted by molar-refractivity contribution is -0.387. The smallest absolute Gasteiger partial charge is 0.258 e. The molecule has 0 aliphatic heterocycles. The normalized spacial score (nSPS) is 10.6. The minimum Gasteiger partial charge on any atom is -0.258 e. The van der Waals surface area contributed by atoms with Crippen molar-refractivity contribution in [3.05, 3.63) is 69.0 Å². The van der Waals surface area contributed by atoms with Crippen molar-refractivity contribution in [2.45, 2.75) is 24.5 Å². The van der Waals surface area contributed by atoms with E-state index in [2.05, 4.69) is 6.07 Å². The molecule has 0 saturated heterocycles. The second-order valence-corrected chi connectivity index (χ2v) is 5.58. The third kappa shape index (κ3) is 3.17. The van der Waals surface area contributed by atoms with Gasteiger partial charge in [-0.15, -0.1) is 11.8 Å². The zero-order chi connectivity index (χ0) is 14.7. The molecule has 0 amide bonds. The van der Waals surface area contributed by atoms with E-state index in [0.29, 0.717) is 11.3 Å². The van der Waals surface area contributed by atoms with E-state index in [4.69, 9.17) is 0 Å². The van der Waals surface area contributed by atoms with Gasteiger partial charge in [-0.05, 0) is 25.5 Å². The summed E-state index contributed by atoms with van der Waals surface area (Å²) in [5.41, 5.74) is 2.18. The van der Waals surface area contributed by atoms with Gasteiger partial charge < -0.3 is 0 Å². The Hall–Kier alpha value is -1.88. The van der Waals surface area contributed by atoms with Crippen LogP contribution in [0.1, 0.15) is 16.7 Å². The van der Waals surface area contributed by atoms with Gasteiger partial charge >= 0.3 is 5.69 Å². The van der Waals surface area contributed by atoms with Crippen molar-refractivity contribution in [1.82, 2.24) is 0 Å². The summed E-state index contributed by atoms with van der Waals surface area (Å²) < 4.78 is 13.9. The summed E-state index contributed by atoms with van der Waals surface area (Å²) in [7, 11) is 0. The Labute approximate surface area is 121 Å². The number of thioether (sulfide) groups is 1. The number of rotatable bonds is 4. The van der Waals surface area contributed by atoms with Crippen LogP contribution in [-0.4, -0.2) is 4.92 Å². The molecule has 0 aliphatic carbocycles. The molecule has 0 fully saturated rings. The number of halogens is 1. The predicted molar refractivity (Wildman–Crippen MR) is 78.5 cm³/mol. The number of hydrogen-bond acceptors (Lipinski definition) is 3. The van der Waals surface area contributed by atoms with Crippen molar-refractivity contribution in [3.63, 3.8) is 0 Å². The zero-order valence-electron chi connectivity index (χ0n) is 11.2. The number of nitro groups is 1. The Bertz CT molecular complexity index is 658. The third-order valence-corrected chi connectivity index (χ3v) is 4.19. The maximum Gasteiger partial charge on any atom is 0.305 e. The quantitative estimate of drug-likeness (QED) is 0.468. The largest absolute Gasteiger partial charge is 0.305 e. The summed E-state index contributed by atoms with van der Waals surface area (Å²) in [5, 5.41) is 10.7. The predicted octanol–water partition coefficient (Wildman–Crippen LogP) is 4.64. The lowest BCUT2D eigenvalue weighted by atomic mass is 10.2. The molecule has 0 aromatic heterocycles. The Morgan fingerprint density at radius 1 is 1.25 bits per heavy atom. The lowest BCUT2D eigenvalue weighted by Crippen LogP contribution is -1.96. The molecule has 2 aromatic rings. The first-order chi connectivity index (χ1) is 9.49.